The van der Waals surface area contributed by atoms with Gasteiger partial charge in [0.25, 0.3) is 5.91 Å². The maximum absolute atomic E-state index is 12.7. The highest BCUT2D eigenvalue weighted by Gasteiger charge is 2.28. The summed E-state index contributed by atoms with van der Waals surface area (Å²) in [5.74, 6) is -1.06. The molecular weight excluding hydrogens is 354 g/mol. The monoisotopic (exact) mass is 373 g/mol. The fourth-order valence-electron chi connectivity index (χ4n) is 3.68. The first kappa shape index (κ1) is 17.7. The van der Waals surface area contributed by atoms with E-state index in [4.69, 9.17) is 5.11 Å². The summed E-state index contributed by atoms with van der Waals surface area (Å²) in [7, 11) is 0. The molecule has 0 unspecified atom stereocenters. The van der Waals surface area contributed by atoms with Crippen LogP contribution >= 0.6 is 0 Å². The number of aromatic nitrogens is 2. The Morgan fingerprint density at radius 2 is 1.93 bits per heavy atom. The Labute approximate surface area is 162 Å². The third-order valence-electron chi connectivity index (χ3n) is 5.07. The number of fused-ring (bicyclic) bond motifs is 1. The molecule has 140 valence electrons. The van der Waals surface area contributed by atoms with Crippen molar-refractivity contribution in [3.63, 3.8) is 0 Å². The van der Waals surface area contributed by atoms with Crippen LogP contribution in [0, 0.1) is 13.8 Å². The molecule has 1 aliphatic heterocycles. The molecule has 1 amide bonds. The number of aromatic amines is 1. The van der Waals surface area contributed by atoms with Crippen LogP contribution < -0.4 is 5.32 Å². The van der Waals surface area contributed by atoms with Gasteiger partial charge in [-0.05, 0) is 60.4 Å². The number of aliphatic carboxylic acids is 1. The summed E-state index contributed by atoms with van der Waals surface area (Å²) in [5.41, 5.74) is 7.20. The third-order valence-corrected chi connectivity index (χ3v) is 5.07. The Bertz CT molecular complexity index is 1130. The SMILES string of the molecule is Cc1[nH]c(C=C2C(=O)Nc3cccc(-c4ccncc4)c32)c(C)c1CC(=O)O. The highest BCUT2D eigenvalue weighted by Crippen LogP contribution is 2.40. The molecule has 0 radical (unpaired) electrons. The van der Waals surface area contributed by atoms with Gasteiger partial charge in [0.2, 0.25) is 0 Å². The van der Waals surface area contributed by atoms with Crippen LogP contribution in [-0.4, -0.2) is 27.0 Å². The van der Waals surface area contributed by atoms with Gasteiger partial charge in [-0.3, -0.25) is 14.6 Å². The molecule has 0 saturated heterocycles. The number of carbonyl (C=O) groups excluding carboxylic acids is 1. The van der Waals surface area contributed by atoms with Gasteiger partial charge in [-0.25, -0.2) is 0 Å². The molecule has 3 heterocycles. The van der Waals surface area contributed by atoms with E-state index in [0.29, 0.717) is 5.57 Å². The minimum Gasteiger partial charge on any atom is -0.481 e. The molecule has 0 atom stereocenters. The first-order valence-corrected chi connectivity index (χ1v) is 8.92. The van der Waals surface area contributed by atoms with Crippen molar-refractivity contribution < 1.29 is 14.7 Å². The highest BCUT2D eigenvalue weighted by molar-refractivity contribution is 6.36. The maximum Gasteiger partial charge on any atom is 0.307 e. The lowest BCUT2D eigenvalue weighted by Gasteiger charge is -2.08. The predicted molar refractivity (Wildman–Crippen MR) is 108 cm³/mol. The standard InChI is InChI=1S/C22H19N3O3/c1-12-16(11-20(26)27)13(2)24-19(12)10-17-21-15(14-6-8-23-9-7-14)4-3-5-18(21)25-22(17)28/h3-10,24H,11H2,1-2H3,(H,25,28)(H,26,27). The van der Waals surface area contributed by atoms with Crippen molar-refractivity contribution in [1.29, 1.82) is 0 Å². The number of anilines is 1. The van der Waals surface area contributed by atoms with Crippen LogP contribution in [0.25, 0.3) is 22.8 Å². The molecule has 0 fully saturated rings. The number of amides is 1. The summed E-state index contributed by atoms with van der Waals surface area (Å²) >= 11 is 0. The van der Waals surface area contributed by atoms with Gasteiger partial charge in [0.15, 0.2) is 0 Å². The predicted octanol–water partition coefficient (Wildman–Crippen LogP) is 3.81. The lowest BCUT2D eigenvalue weighted by molar-refractivity contribution is -0.136. The third kappa shape index (κ3) is 2.99. The second-order valence-corrected chi connectivity index (χ2v) is 6.81. The molecule has 0 saturated carbocycles. The Morgan fingerprint density at radius 1 is 1.18 bits per heavy atom. The van der Waals surface area contributed by atoms with Crippen molar-refractivity contribution in [3.8, 4) is 11.1 Å². The quantitative estimate of drug-likeness (QED) is 0.606. The van der Waals surface area contributed by atoms with Crippen molar-refractivity contribution in [3.05, 3.63) is 70.8 Å². The number of H-pyrrole nitrogens is 1. The van der Waals surface area contributed by atoms with Gasteiger partial charge in [0.1, 0.15) is 0 Å². The largest absolute Gasteiger partial charge is 0.481 e. The molecule has 6 nitrogen and oxygen atoms in total. The number of hydrogen-bond donors (Lipinski definition) is 3. The number of aryl methyl sites for hydroxylation is 1. The fourth-order valence-corrected chi connectivity index (χ4v) is 3.68. The average Bonchev–Trinajstić information content (AvgIpc) is 3.13. The van der Waals surface area contributed by atoms with E-state index in [1.807, 2.05) is 44.2 Å². The van der Waals surface area contributed by atoms with E-state index in [2.05, 4.69) is 15.3 Å². The van der Waals surface area contributed by atoms with Crippen LogP contribution in [0.2, 0.25) is 0 Å². The van der Waals surface area contributed by atoms with Crippen molar-refractivity contribution in [2.75, 3.05) is 5.32 Å². The lowest BCUT2D eigenvalue weighted by Crippen LogP contribution is -2.04. The van der Waals surface area contributed by atoms with Gasteiger partial charge in [-0.15, -0.1) is 0 Å². The van der Waals surface area contributed by atoms with Gasteiger partial charge in [0.05, 0.1) is 12.0 Å². The molecule has 3 aromatic rings. The second-order valence-electron chi connectivity index (χ2n) is 6.81. The van der Waals surface area contributed by atoms with E-state index in [0.717, 1.165) is 44.9 Å². The average molecular weight is 373 g/mol. The number of pyridine rings is 1. The van der Waals surface area contributed by atoms with Crippen molar-refractivity contribution in [2.45, 2.75) is 20.3 Å². The summed E-state index contributed by atoms with van der Waals surface area (Å²) in [4.78, 5) is 31.1. The first-order chi connectivity index (χ1) is 13.5. The van der Waals surface area contributed by atoms with E-state index in [1.165, 1.54) is 0 Å². The summed E-state index contributed by atoms with van der Waals surface area (Å²) in [5, 5.41) is 12.1. The van der Waals surface area contributed by atoms with E-state index in [1.54, 1.807) is 18.5 Å². The van der Waals surface area contributed by atoms with Crippen LogP contribution in [0.3, 0.4) is 0 Å². The van der Waals surface area contributed by atoms with E-state index in [9.17, 15) is 9.59 Å². The van der Waals surface area contributed by atoms with E-state index < -0.39 is 5.97 Å². The lowest BCUT2D eigenvalue weighted by atomic mass is 9.94. The Kier molecular flexibility index (Phi) is 4.31. The van der Waals surface area contributed by atoms with Crippen LogP contribution in [0.5, 0.6) is 0 Å². The van der Waals surface area contributed by atoms with Crippen LogP contribution in [-0.2, 0) is 16.0 Å². The minimum absolute atomic E-state index is 0.0532. The van der Waals surface area contributed by atoms with Crippen LogP contribution in [0.15, 0.2) is 42.7 Å². The van der Waals surface area contributed by atoms with Gasteiger partial charge >= 0.3 is 5.97 Å². The maximum atomic E-state index is 12.7. The number of carboxylic acids is 1. The zero-order valence-electron chi connectivity index (χ0n) is 15.5. The van der Waals surface area contributed by atoms with Gasteiger partial charge < -0.3 is 15.4 Å². The van der Waals surface area contributed by atoms with Gasteiger partial charge in [-0.2, -0.15) is 0 Å². The molecule has 0 spiro atoms. The van der Waals surface area contributed by atoms with E-state index >= 15 is 0 Å². The molecule has 1 aliphatic rings. The molecule has 0 aliphatic carbocycles. The molecule has 1 aromatic carbocycles. The second kappa shape index (κ2) is 6.81. The summed E-state index contributed by atoms with van der Waals surface area (Å²) in [6, 6.07) is 9.58. The molecular formula is C22H19N3O3. The van der Waals surface area contributed by atoms with Gasteiger partial charge in [-0.1, -0.05) is 12.1 Å². The summed E-state index contributed by atoms with van der Waals surface area (Å²) in [6.45, 7) is 3.72. The zero-order chi connectivity index (χ0) is 19.8. The first-order valence-electron chi connectivity index (χ1n) is 8.92. The Balaban J connectivity index is 1.86. The topological polar surface area (TPSA) is 95.1 Å². The summed E-state index contributed by atoms with van der Waals surface area (Å²) < 4.78 is 0. The van der Waals surface area contributed by atoms with Crippen molar-refractivity contribution >= 4 is 29.2 Å². The number of nitrogens with one attached hydrogen (secondary N) is 2. The van der Waals surface area contributed by atoms with E-state index in [-0.39, 0.29) is 12.3 Å². The Morgan fingerprint density at radius 3 is 2.64 bits per heavy atom. The number of carbonyl (C=O) groups is 2. The number of carboxylic acid groups (broad SMARTS) is 1. The van der Waals surface area contributed by atoms with Crippen molar-refractivity contribution in [2.24, 2.45) is 0 Å². The molecule has 4 rings (SSSR count). The number of rotatable bonds is 4. The number of hydrogen-bond acceptors (Lipinski definition) is 3. The molecule has 3 N–H and O–H groups in total. The number of benzene rings is 1. The van der Waals surface area contributed by atoms with Crippen molar-refractivity contribution in [1.82, 2.24) is 9.97 Å². The fraction of sp³-hybridized carbons (Fsp3) is 0.136. The molecule has 2 aromatic heterocycles. The molecule has 28 heavy (non-hydrogen) atoms. The minimum atomic E-state index is -0.881. The van der Waals surface area contributed by atoms with Crippen LogP contribution in [0.1, 0.15) is 28.1 Å². The smallest absolute Gasteiger partial charge is 0.307 e. The Hall–Kier alpha value is -3.67. The van der Waals surface area contributed by atoms with Crippen LogP contribution in [0.4, 0.5) is 5.69 Å². The zero-order valence-corrected chi connectivity index (χ0v) is 15.5. The van der Waals surface area contributed by atoms with Gasteiger partial charge in [0, 0.05) is 35.0 Å². The number of nitrogens with zero attached hydrogens (tertiary/aromatic N) is 1. The normalized spacial score (nSPS) is 14.2. The molecule has 0 bridgehead atoms. The highest BCUT2D eigenvalue weighted by atomic mass is 16.4. The summed E-state index contributed by atoms with van der Waals surface area (Å²) in [6.07, 6.45) is 5.19. The molecule has 6 heteroatoms.